The van der Waals surface area contributed by atoms with E-state index in [2.05, 4.69) is 77.5 Å². The van der Waals surface area contributed by atoms with Crippen LogP contribution in [-0.4, -0.2) is 49.9 Å². The first-order valence-corrected chi connectivity index (χ1v) is 10.7. The molecule has 0 radical (unpaired) electrons. The topological polar surface area (TPSA) is 18.5 Å². The number of nitrogens with zero attached hydrogens (tertiary/aromatic N) is 2. The predicted octanol–water partition coefficient (Wildman–Crippen LogP) is 4.73. The number of hydrogen-bond donors (Lipinski definition) is 1. The molecule has 0 aromatic heterocycles. The zero-order chi connectivity index (χ0) is 18.2. The molecule has 0 atom stereocenters. The Bertz CT molecular complexity index is 663. The largest absolute Gasteiger partial charge is 0.385 e. The molecule has 2 aromatic carbocycles. The summed E-state index contributed by atoms with van der Waals surface area (Å²) < 4.78 is 0. The summed E-state index contributed by atoms with van der Waals surface area (Å²) in [5.41, 5.74) is 3.94. The third kappa shape index (κ3) is 5.68. The number of piperazine rings is 1. The van der Waals surface area contributed by atoms with Gasteiger partial charge in [-0.3, -0.25) is 4.90 Å². The third-order valence-corrected chi connectivity index (χ3v) is 5.96. The van der Waals surface area contributed by atoms with Gasteiger partial charge in [-0.15, -0.1) is 11.8 Å². The number of aryl methyl sites for hydroxylation is 1. The SMILES string of the molecule is CCNc1ccc(SCCCN2CCN(c3cccc(C)c3)CC2)cc1. The van der Waals surface area contributed by atoms with Crippen LogP contribution in [0.5, 0.6) is 0 Å². The van der Waals surface area contributed by atoms with Crippen molar-refractivity contribution < 1.29 is 0 Å². The van der Waals surface area contributed by atoms with Gasteiger partial charge < -0.3 is 10.2 Å². The summed E-state index contributed by atoms with van der Waals surface area (Å²) in [5.74, 6) is 1.19. The summed E-state index contributed by atoms with van der Waals surface area (Å²) in [5, 5.41) is 3.34. The van der Waals surface area contributed by atoms with Crippen LogP contribution >= 0.6 is 11.8 Å². The molecule has 1 saturated heterocycles. The predicted molar refractivity (Wildman–Crippen MR) is 116 cm³/mol. The Hall–Kier alpha value is -1.65. The Kier molecular flexibility index (Phi) is 7.27. The molecular weight excluding hydrogens is 338 g/mol. The van der Waals surface area contributed by atoms with E-state index in [0.717, 1.165) is 19.6 Å². The van der Waals surface area contributed by atoms with Gasteiger partial charge in [0.15, 0.2) is 0 Å². The van der Waals surface area contributed by atoms with E-state index in [0.29, 0.717) is 0 Å². The van der Waals surface area contributed by atoms with Gasteiger partial charge >= 0.3 is 0 Å². The molecule has 0 spiro atoms. The van der Waals surface area contributed by atoms with Gasteiger partial charge in [0.2, 0.25) is 0 Å². The molecule has 4 heteroatoms. The Labute approximate surface area is 162 Å². The normalized spacial score (nSPS) is 15.2. The molecule has 1 fully saturated rings. The van der Waals surface area contributed by atoms with Crippen molar-refractivity contribution in [1.82, 2.24) is 4.90 Å². The summed E-state index contributed by atoms with van der Waals surface area (Å²) in [6, 6.07) is 17.7. The van der Waals surface area contributed by atoms with Crippen molar-refractivity contribution in [1.29, 1.82) is 0 Å². The molecule has 0 aliphatic carbocycles. The fraction of sp³-hybridized carbons (Fsp3) is 0.455. The van der Waals surface area contributed by atoms with Crippen LogP contribution in [0.1, 0.15) is 18.9 Å². The number of benzene rings is 2. The summed E-state index contributed by atoms with van der Waals surface area (Å²) in [6.07, 6.45) is 1.25. The Balaban J connectivity index is 1.34. The molecule has 2 aromatic rings. The quantitative estimate of drug-likeness (QED) is 0.535. The zero-order valence-electron chi connectivity index (χ0n) is 16.1. The van der Waals surface area contributed by atoms with E-state index in [-0.39, 0.29) is 0 Å². The van der Waals surface area contributed by atoms with Gasteiger partial charge in [0.1, 0.15) is 0 Å². The maximum Gasteiger partial charge on any atom is 0.0369 e. The average molecular weight is 370 g/mol. The minimum Gasteiger partial charge on any atom is -0.385 e. The van der Waals surface area contributed by atoms with Gasteiger partial charge in [-0.05, 0) is 74.5 Å². The summed E-state index contributed by atoms with van der Waals surface area (Å²) in [6.45, 7) is 11.1. The van der Waals surface area contributed by atoms with Gasteiger partial charge in [0.25, 0.3) is 0 Å². The highest BCUT2D eigenvalue weighted by molar-refractivity contribution is 7.99. The lowest BCUT2D eigenvalue weighted by atomic mass is 10.2. The van der Waals surface area contributed by atoms with Crippen molar-refractivity contribution >= 4 is 23.1 Å². The van der Waals surface area contributed by atoms with E-state index in [9.17, 15) is 0 Å². The lowest BCUT2D eigenvalue weighted by Crippen LogP contribution is -2.46. The van der Waals surface area contributed by atoms with E-state index in [1.807, 2.05) is 11.8 Å². The van der Waals surface area contributed by atoms with Crippen molar-refractivity contribution in [3.8, 4) is 0 Å². The van der Waals surface area contributed by atoms with Gasteiger partial charge in [-0.2, -0.15) is 0 Å². The van der Waals surface area contributed by atoms with Crippen molar-refractivity contribution in [3.63, 3.8) is 0 Å². The Morgan fingerprint density at radius 1 is 1.00 bits per heavy atom. The second kappa shape index (κ2) is 9.89. The number of hydrogen-bond acceptors (Lipinski definition) is 4. The standard InChI is InChI=1S/C22H31N3S/c1-3-23-20-8-10-22(11-9-20)26-17-5-12-24-13-15-25(16-14-24)21-7-4-6-19(2)18-21/h4,6-11,18,23H,3,5,12-17H2,1-2H3. The summed E-state index contributed by atoms with van der Waals surface area (Å²) in [4.78, 5) is 6.50. The highest BCUT2D eigenvalue weighted by atomic mass is 32.2. The van der Waals surface area contributed by atoms with Gasteiger partial charge in [0.05, 0.1) is 0 Å². The fourth-order valence-electron chi connectivity index (χ4n) is 3.41. The van der Waals surface area contributed by atoms with Gasteiger partial charge in [0, 0.05) is 49.0 Å². The van der Waals surface area contributed by atoms with Crippen molar-refractivity contribution in [3.05, 3.63) is 54.1 Å². The molecule has 0 unspecified atom stereocenters. The minimum atomic E-state index is 0.976. The van der Waals surface area contributed by atoms with Crippen LogP contribution < -0.4 is 10.2 Å². The summed E-state index contributed by atoms with van der Waals surface area (Å²) >= 11 is 1.97. The van der Waals surface area contributed by atoms with Crippen LogP contribution in [-0.2, 0) is 0 Å². The molecule has 1 aliphatic rings. The van der Waals surface area contributed by atoms with E-state index < -0.39 is 0 Å². The number of thioether (sulfide) groups is 1. The average Bonchev–Trinajstić information content (AvgIpc) is 2.67. The Morgan fingerprint density at radius 3 is 2.46 bits per heavy atom. The van der Waals surface area contributed by atoms with E-state index in [1.54, 1.807) is 0 Å². The van der Waals surface area contributed by atoms with E-state index in [4.69, 9.17) is 0 Å². The van der Waals surface area contributed by atoms with Crippen molar-refractivity contribution in [2.24, 2.45) is 0 Å². The van der Waals surface area contributed by atoms with Crippen LogP contribution in [0.4, 0.5) is 11.4 Å². The maximum absolute atomic E-state index is 3.34. The third-order valence-electron chi connectivity index (χ3n) is 4.86. The minimum absolute atomic E-state index is 0.976. The number of anilines is 2. The summed E-state index contributed by atoms with van der Waals surface area (Å²) in [7, 11) is 0. The second-order valence-corrected chi connectivity index (χ2v) is 8.09. The van der Waals surface area contributed by atoms with Gasteiger partial charge in [-0.25, -0.2) is 0 Å². The fourth-order valence-corrected chi connectivity index (χ4v) is 4.24. The van der Waals surface area contributed by atoms with Gasteiger partial charge in [-0.1, -0.05) is 12.1 Å². The Morgan fingerprint density at radius 2 is 1.77 bits per heavy atom. The molecule has 0 bridgehead atoms. The first-order chi connectivity index (χ1) is 12.7. The van der Waals surface area contributed by atoms with Crippen molar-refractivity contribution in [2.45, 2.75) is 25.2 Å². The lowest BCUT2D eigenvalue weighted by molar-refractivity contribution is 0.259. The zero-order valence-corrected chi connectivity index (χ0v) is 16.9. The molecule has 26 heavy (non-hydrogen) atoms. The van der Waals surface area contributed by atoms with Crippen molar-refractivity contribution in [2.75, 3.05) is 55.2 Å². The first kappa shape index (κ1) is 19.1. The molecule has 1 heterocycles. The van der Waals surface area contributed by atoms with E-state index >= 15 is 0 Å². The maximum atomic E-state index is 3.34. The van der Waals surface area contributed by atoms with Crippen LogP contribution in [0.25, 0.3) is 0 Å². The highest BCUT2D eigenvalue weighted by Gasteiger charge is 2.16. The van der Waals surface area contributed by atoms with Crippen LogP contribution in [0.15, 0.2) is 53.4 Å². The smallest absolute Gasteiger partial charge is 0.0369 e. The number of nitrogens with one attached hydrogen (secondary N) is 1. The number of rotatable bonds is 8. The molecule has 1 aliphatic heterocycles. The lowest BCUT2D eigenvalue weighted by Gasteiger charge is -2.36. The highest BCUT2D eigenvalue weighted by Crippen LogP contribution is 2.22. The molecular formula is C22H31N3S. The molecule has 0 amide bonds. The molecule has 3 rings (SSSR count). The molecule has 1 N–H and O–H groups in total. The van der Waals surface area contributed by atoms with Crippen LogP contribution in [0.2, 0.25) is 0 Å². The molecule has 3 nitrogen and oxygen atoms in total. The van der Waals surface area contributed by atoms with Crippen LogP contribution in [0, 0.1) is 6.92 Å². The first-order valence-electron chi connectivity index (χ1n) is 9.75. The molecule has 0 saturated carbocycles. The van der Waals surface area contributed by atoms with Crippen LogP contribution in [0.3, 0.4) is 0 Å². The van der Waals surface area contributed by atoms with E-state index in [1.165, 1.54) is 53.6 Å². The second-order valence-electron chi connectivity index (χ2n) is 6.92. The molecule has 140 valence electrons. The monoisotopic (exact) mass is 369 g/mol.